The number of carbonyl (C=O) groups excluding carboxylic acids is 1. The molecule has 3 heterocycles. The van der Waals surface area contributed by atoms with Crippen LogP contribution in [-0.2, 0) is 0 Å². The minimum Gasteiger partial charge on any atom is -0.336 e. The molecule has 1 aromatic carbocycles. The van der Waals surface area contributed by atoms with Crippen molar-refractivity contribution in [3.8, 4) is 0 Å². The number of pyridine rings is 1. The number of nitrogens with zero attached hydrogens (tertiary/aromatic N) is 4. The molecule has 2 aromatic heterocycles. The van der Waals surface area contributed by atoms with Crippen LogP contribution in [0, 0.1) is 6.92 Å². The third-order valence-corrected chi connectivity index (χ3v) is 4.97. The number of amides is 1. The Bertz CT molecular complexity index is 920. The predicted molar refractivity (Wildman–Crippen MR) is 96.0 cm³/mol. The molecule has 0 bridgehead atoms. The van der Waals surface area contributed by atoms with E-state index in [1.54, 1.807) is 12.4 Å². The summed E-state index contributed by atoms with van der Waals surface area (Å²) in [6.07, 6.45) is 4.25. The van der Waals surface area contributed by atoms with Crippen molar-refractivity contribution in [1.29, 1.82) is 0 Å². The number of benzene rings is 1. The van der Waals surface area contributed by atoms with Crippen molar-refractivity contribution in [2.75, 3.05) is 13.1 Å². The highest BCUT2D eigenvalue weighted by atomic mass is 79.9. The van der Waals surface area contributed by atoms with Crippen molar-refractivity contribution in [3.05, 3.63) is 58.6 Å². The van der Waals surface area contributed by atoms with Crippen molar-refractivity contribution in [2.45, 2.75) is 19.4 Å². The fourth-order valence-corrected chi connectivity index (χ4v) is 3.84. The summed E-state index contributed by atoms with van der Waals surface area (Å²) < 4.78 is 3.09. The lowest BCUT2D eigenvalue weighted by Crippen LogP contribution is -2.29. The average Bonchev–Trinajstić information content (AvgIpc) is 3.17. The summed E-state index contributed by atoms with van der Waals surface area (Å²) in [5.41, 5.74) is 2.77. The molecule has 3 aromatic rings. The third kappa shape index (κ3) is 2.60. The van der Waals surface area contributed by atoms with Gasteiger partial charge < -0.3 is 9.47 Å². The van der Waals surface area contributed by atoms with Crippen molar-refractivity contribution in [2.24, 2.45) is 0 Å². The van der Waals surface area contributed by atoms with E-state index in [4.69, 9.17) is 0 Å². The van der Waals surface area contributed by atoms with Gasteiger partial charge in [0, 0.05) is 30.0 Å². The predicted octanol–water partition coefficient (Wildman–Crippen LogP) is 3.59. The van der Waals surface area contributed by atoms with Gasteiger partial charge in [0.25, 0.3) is 5.91 Å². The first-order valence-electron chi connectivity index (χ1n) is 7.97. The smallest absolute Gasteiger partial charge is 0.255 e. The molecular formula is C18H17BrN4O. The van der Waals surface area contributed by atoms with Gasteiger partial charge in [-0.1, -0.05) is 12.1 Å². The molecule has 122 valence electrons. The van der Waals surface area contributed by atoms with E-state index in [1.807, 2.05) is 36.1 Å². The second kappa shape index (κ2) is 6.02. The van der Waals surface area contributed by atoms with Crippen molar-refractivity contribution in [3.63, 3.8) is 0 Å². The Morgan fingerprint density at radius 2 is 2.12 bits per heavy atom. The molecule has 24 heavy (non-hydrogen) atoms. The molecule has 0 saturated carbocycles. The van der Waals surface area contributed by atoms with Crippen LogP contribution in [0.3, 0.4) is 0 Å². The number of hydrogen-bond acceptors (Lipinski definition) is 3. The molecule has 0 aliphatic carbocycles. The fraction of sp³-hybridized carbons (Fsp3) is 0.278. The van der Waals surface area contributed by atoms with E-state index in [-0.39, 0.29) is 11.9 Å². The number of aromatic nitrogens is 3. The molecular weight excluding hydrogens is 368 g/mol. The second-order valence-corrected chi connectivity index (χ2v) is 7.02. The molecule has 0 spiro atoms. The minimum absolute atomic E-state index is 0.0355. The van der Waals surface area contributed by atoms with E-state index >= 15 is 0 Å². The summed E-state index contributed by atoms with van der Waals surface area (Å²) >= 11 is 3.37. The lowest BCUT2D eigenvalue weighted by Gasteiger charge is -2.18. The molecule has 0 radical (unpaired) electrons. The maximum absolute atomic E-state index is 12.7. The number of hydrogen-bond donors (Lipinski definition) is 0. The van der Waals surface area contributed by atoms with E-state index in [0.29, 0.717) is 12.1 Å². The number of para-hydroxylation sites is 2. The van der Waals surface area contributed by atoms with Crippen LogP contribution in [0.15, 0.2) is 47.2 Å². The average molecular weight is 385 g/mol. The molecule has 0 N–H and O–H groups in total. The van der Waals surface area contributed by atoms with Crippen LogP contribution in [0.1, 0.15) is 28.6 Å². The first kappa shape index (κ1) is 15.3. The first-order valence-corrected chi connectivity index (χ1v) is 8.76. The van der Waals surface area contributed by atoms with E-state index in [1.165, 1.54) is 0 Å². The number of rotatable bonds is 2. The maximum atomic E-state index is 12.7. The Morgan fingerprint density at radius 1 is 1.29 bits per heavy atom. The molecule has 1 aliphatic rings. The van der Waals surface area contributed by atoms with Crippen LogP contribution in [0.5, 0.6) is 0 Å². The number of likely N-dealkylation sites (tertiary alicyclic amines) is 1. The number of imidazole rings is 1. The molecule has 5 nitrogen and oxygen atoms in total. The van der Waals surface area contributed by atoms with E-state index < -0.39 is 0 Å². The Hall–Kier alpha value is -2.21. The molecule has 1 saturated heterocycles. The van der Waals surface area contributed by atoms with Crippen LogP contribution in [0.4, 0.5) is 0 Å². The lowest BCUT2D eigenvalue weighted by molar-refractivity contribution is 0.0787. The maximum Gasteiger partial charge on any atom is 0.255 e. The van der Waals surface area contributed by atoms with Crippen molar-refractivity contribution in [1.82, 2.24) is 19.4 Å². The minimum atomic E-state index is 0.0355. The van der Waals surface area contributed by atoms with Crippen LogP contribution < -0.4 is 0 Å². The number of carbonyl (C=O) groups is 1. The third-order valence-electron chi connectivity index (χ3n) is 4.54. The zero-order chi connectivity index (χ0) is 16.7. The van der Waals surface area contributed by atoms with Gasteiger partial charge in [-0.2, -0.15) is 0 Å². The second-order valence-electron chi connectivity index (χ2n) is 6.10. The quantitative estimate of drug-likeness (QED) is 0.678. The van der Waals surface area contributed by atoms with Crippen molar-refractivity contribution >= 4 is 32.9 Å². The van der Waals surface area contributed by atoms with E-state index in [0.717, 1.165) is 34.3 Å². The van der Waals surface area contributed by atoms with Gasteiger partial charge in [-0.15, -0.1) is 0 Å². The van der Waals surface area contributed by atoms with Gasteiger partial charge >= 0.3 is 0 Å². The van der Waals surface area contributed by atoms with E-state index in [2.05, 4.69) is 36.5 Å². The molecule has 6 heteroatoms. The highest BCUT2D eigenvalue weighted by molar-refractivity contribution is 9.10. The molecule has 1 aliphatic heterocycles. The molecule has 4 rings (SSSR count). The zero-order valence-corrected chi connectivity index (χ0v) is 14.9. The summed E-state index contributed by atoms with van der Waals surface area (Å²) in [5, 5.41) is 0. The molecule has 1 amide bonds. The molecule has 0 unspecified atom stereocenters. The van der Waals surface area contributed by atoms with Crippen LogP contribution in [0.25, 0.3) is 11.0 Å². The Balaban J connectivity index is 1.60. The Labute approximate surface area is 148 Å². The highest BCUT2D eigenvalue weighted by Gasteiger charge is 2.30. The normalized spacial score (nSPS) is 17.6. The highest BCUT2D eigenvalue weighted by Crippen LogP contribution is 2.28. The summed E-state index contributed by atoms with van der Waals surface area (Å²) in [6, 6.07) is 10.2. The Kier molecular flexibility index (Phi) is 3.84. The Morgan fingerprint density at radius 3 is 2.96 bits per heavy atom. The number of halogens is 1. The van der Waals surface area contributed by atoms with Crippen LogP contribution >= 0.6 is 15.9 Å². The first-order chi connectivity index (χ1) is 11.6. The van der Waals surface area contributed by atoms with Crippen LogP contribution in [0.2, 0.25) is 0 Å². The number of aryl methyl sites for hydroxylation is 1. The fourth-order valence-electron chi connectivity index (χ4n) is 3.47. The largest absolute Gasteiger partial charge is 0.336 e. The SMILES string of the molecule is Cc1nc2ccccc2n1[C@H]1CCN(C(=O)c2cncc(Br)c2)C1. The number of fused-ring (bicyclic) bond motifs is 1. The summed E-state index contributed by atoms with van der Waals surface area (Å²) in [5.74, 6) is 1.04. The standard InChI is InChI=1S/C18H17BrN4O/c1-12-21-16-4-2-3-5-17(16)23(12)15-6-7-22(11-15)18(24)13-8-14(19)10-20-9-13/h2-5,8-10,15H,6-7,11H2,1H3/t15-/m0/s1. The summed E-state index contributed by atoms with van der Waals surface area (Å²) in [6.45, 7) is 3.48. The molecule has 1 atom stereocenters. The topological polar surface area (TPSA) is 51.0 Å². The van der Waals surface area contributed by atoms with Crippen molar-refractivity contribution < 1.29 is 4.79 Å². The van der Waals surface area contributed by atoms with E-state index in [9.17, 15) is 4.79 Å². The lowest BCUT2D eigenvalue weighted by atomic mass is 10.2. The van der Waals surface area contributed by atoms with Crippen LogP contribution in [-0.4, -0.2) is 38.4 Å². The van der Waals surface area contributed by atoms with Gasteiger partial charge in [0.05, 0.1) is 22.6 Å². The van der Waals surface area contributed by atoms with Gasteiger partial charge in [0.2, 0.25) is 0 Å². The monoisotopic (exact) mass is 384 g/mol. The van der Waals surface area contributed by atoms with Gasteiger partial charge in [-0.25, -0.2) is 4.98 Å². The van der Waals surface area contributed by atoms with Gasteiger partial charge in [-0.3, -0.25) is 9.78 Å². The summed E-state index contributed by atoms with van der Waals surface area (Å²) in [4.78, 5) is 23.3. The van der Waals surface area contributed by atoms with Gasteiger partial charge in [-0.05, 0) is 47.5 Å². The van der Waals surface area contributed by atoms with Gasteiger partial charge in [0.15, 0.2) is 0 Å². The summed E-state index contributed by atoms with van der Waals surface area (Å²) in [7, 11) is 0. The zero-order valence-electron chi connectivity index (χ0n) is 13.3. The molecule has 1 fully saturated rings. The van der Waals surface area contributed by atoms with Gasteiger partial charge in [0.1, 0.15) is 5.82 Å².